The maximum atomic E-state index is 11.3. The lowest BCUT2D eigenvalue weighted by Crippen LogP contribution is -2.28. The molecule has 6 nitrogen and oxygen atoms in total. The highest BCUT2D eigenvalue weighted by molar-refractivity contribution is 5.93. The van der Waals surface area contributed by atoms with E-state index in [-0.39, 0.29) is 5.69 Å². The highest BCUT2D eigenvalue weighted by Gasteiger charge is 2.21. The van der Waals surface area contributed by atoms with Crippen LogP contribution in [-0.2, 0) is 0 Å². The van der Waals surface area contributed by atoms with E-state index in [2.05, 4.69) is 4.98 Å². The van der Waals surface area contributed by atoms with Gasteiger partial charge in [-0.15, -0.1) is 0 Å². The molecule has 0 bridgehead atoms. The number of aliphatic hydroxyl groups is 1. The topological polar surface area (TPSA) is 78.1 Å². The second kappa shape index (κ2) is 4.66. The van der Waals surface area contributed by atoms with Crippen molar-refractivity contribution in [1.29, 1.82) is 0 Å². The van der Waals surface area contributed by atoms with Crippen molar-refractivity contribution in [3.8, 4) is 0 Å². The zero-order valence-corrected chi connectivity index (χ0v) is 10.2. The molecule has 2 N–H and O–H groups in total. The van der Waals surface area contributed by atoms with E-state index in [0.717, 1.165) is 0 Å². The van der Waals surface area contributed by atoms with E-state index >= 15 is 0 Å². The van der Waals surface area contributed by atoms with Gasteiger partial charge in [-0.05, 0) is 19.1 Å². The summed E-state index contributed by atoms with van der Waals surface area (Å²) < 4.78 is 1.52. The van der Waals surface area contributed by atoms with Crippen LogP contribution in [0.3, 0.4) is 0 Å². The van der Waals surface area contributed by atoms with Gasteiger partial charge in [-0.25, -0.2) is 9.78 Å². The normalized spacial score (nSPS) is 12.6. The first-order valence-electron chi connectivity index (χ1n) is 5.60. The number of pyridine rings is 1. The molecule has 0 aliphatic rings. The molecule has 0 aliphatic carbocycles. The lowest BCUT2D eigenvalue weighted by atomic mass is 10.3. The first-order valence-corrected chi connectivity index (χ1v) is 5.60. The van der Waals surface area contributed by atoms with Crippen LogP contribution in [0.4, 0.5) is 5.82 Å². The largest absolute Gasteiger partial charge is 0.476 e. The molecule has 0 saturated carbocycles. The summed E-state index contributed by atoms with van der Waals surface area (Å²) >= 11 is 0. The van der Waals surface area contributed by atoms with Crippen LogP contribution >= 0.6 is 0 Å². The minimum atomic E-state index is -1.04. The van der Waals surface area contributed by atoms with Gasteiger partial charge in [0.05, 0.1) is 6.10 Å². The number of aliphatic hydroxyl groups excluding tert-OH is 1. The maximum absolute atomic E-state index is 11.3. The molecule has 0 spiro atoms. The standard InChI is InChI=1S/C12H15N3O3/c1-8(16)7-14(2)11-10(12(17)18)15-6-4-3-5-9(15)13-11/h3-6,8,16H,7H2,1-2H3,(H,17,18). The zero-order valence-electron chi connectivity index (χ0n) is 10.2. The summed E-state index contributed by atoms with van der Waals surface area (Å²) in [5.41, 5.74) is 0.677. The van der Waals surface area contributed by atoms with Crippen molar-refractivity contribution >= 4 is 17.4 Å². The van der Waals surface area contributed by atoms with Crippen LogP contribution in [-0.4, -0.2) is 45.3 Å². The molecule has 0 saturated heterocycles. The van der Waals surface area contributed by atoms with Crippen molar-refractivity contribution < 1.29 is 15.0 Å². The lowest BCUT2D eigenvalue weighted by Gasteiger charge is -2.18. The van der Waals surface area contributed by atoms with Crippen LogP contribution in [0, 0.1) is 0 Å². The molecule has 2 aromatic rings. The quantitative estimate of drug-likeness (QED) is 0.840. The summed E-state index contributed by atoms with van der Waals surface area (Å²) in [5, 5.41) is 18.7. The molecule has 6 heteroatoms. The average molecular weight is 249 g/mol. The molecule has 2 rings (SSSR count). The summed E-state index contributed by atoms with van der Waals surface area (Å²) in [4.78, 5) is 17.3. The number of imidazole rings is 1. The van der Waals surface area contributed by atoms with Crippen LogP contribution in [0.5, 0.6) is 0 Å². The SMILES string of the molecule is CC(O)CN(C)c1nc2ccccn2c1C(=O)O. The van der Waals surface area contributed by atoms with E-state index < -0.39 is 12.1 Å². The Morgan fingerprint density at radius 3 is 2.89 bits per heavy atom. The highest BCUT2D eigenvalue weighted by atomic mass is 16.4. The number of hydrogen-bond donors (Lipinski definition) is 2. The van der Waals surface area contributed by atoms with Crippen LogP contribution in [0.2, 0.25) is 0 Å². The van der Waals surface area contributed by atoms with Gasteiger partial charge < -0.3 is 15.1 Å². The van der Waals surface area contributed by atoms with Crippen molar-refractivity contribution in [2.45, 2.75) is 13.0 Å². The van der Waals surface area contributed by atoms with E-state index in [0.29, 0.717) is 18.0 Å². The molecule has 0 aromatic carbocycles. The third-order valence-corrected chi connectivity index (χ3v) is 2.61. The fraction of sp³-hybridized carbons (Fsp3) is 0.333. The number of carboxylic acid groups (broad SMARTS) is 1. The minimum absolute atomic E-state index is 0.105. The second-order valence-electron chi connectivity index (χ2n) is 4.25. The second-order valence-corrected chi connectivity index (χ2v) is 4.25. The molecule has 0 amide bonds. The summed E-state index contributed by atoms with van der Waals surface area (Å²) in [6.45, 7) is 1.97. The van der Waals surface area contributed by atoms with E-state index in [1.54, 1.807) is 43.3 Å². The van der Waals surface area contributed by atoms with Gasteiger partial charge >= 0.3 is 5.97 Å². The van der Waals surface area contributed by atoms with E-state index in [4.69, 9.17) is 0 Å². The predicted molar refractivity (Wildman–Crippen MR) is 67.1 cm³/mol. The molecule has 0 radical (unpaired) electrons. The number of carbonyl (C=O) groups is 1. The fourth-order valence-electron chi connectivity index (χ4n) is 1.93. The number of likely N-dealkylation sites (N-methyl/N-ethyl adjacent to an activating group) is 1. The van der Waals surface area contributed by atoms with Crippen molar-refractivity contribution in [1.82, 2.24) is 9.38 Å². The lowest BCUT2D eigenvalue weighted by molar-refractivity contribution is 0.0689. The Morgan fingerprint density at radius 2 is 2.28 bits per heavy atom. The Bertz CT molecular complexity index is 577. The summed E-state index contributed by atoms with van der Waals surface area (Å²) in [6.07, 6.45) is 1.10. The van der Waals surface area contributed by atoms with Crippen LogP contribution in [0.1, 0.15) is 17.4 Å². The Kier molecular flexibility index (Phi) is 3.20. The monoisotopic (exact) mass is 249 g/mol. The number of carboxylic acids is 1. The van der Waals surface area contributed by atoms with Gasteiger partial charge in [0.2, 0.25) is 0 Å². The molecule has 0 aliphatic heterocycles. The van der Waals surface area contributed by atoms with E-state index in [9.17, 15) is 15.0 Å². The van der Waals surface area contributed by atoms with Crippen molar-refractivity contribution in [2.75, 3.05) is 18.5 Å². The van der Waals surface area contributed by atoms with Gasteiger partial charge in [-0.2, -0.15) is 0 Å². The van der Waals surface area contributed by atoms with E-state index in [1.807, 2.05) is 0 Å². The first-order chi connectivity index (χ1) is 8.50. The van der Waals surface area contributed by atoms with Crippen molar-refractivity contribution in [3.05, 3.63) is 30.1 Å². The number of aromatic nitrogens is 2. The fourth-order valence-corrected chi connectivity index (χ4v) is 1.93. The number of aromatic carboxylic acids is 1. The molecule has 0 fully saturated rings. The van der Waals surface area contributed by atoms with Gasteiger partial charge in [-0.1, -0.05) is 6.07 Å². The molecular formula is C12H15N3O3. The number of hydrogen-bond acceptors (Lipinski definition) is 4. The van der Waals surface area contributed by atoms with Crippen LogP contribution in [0.15, 0.2) is 24.4 Å². The molecule has 96 valence electrons. The van der Waals surface area contributed by atoms with Gasteiger partial charge in [0, 0.05) is 19.8 Å². The number of nitrogens with zero attached hydrogens (tertiary/aromatic N) is 3. The molecule has 2 heterocycles. The third kappa shape index (κ3) is 2.14. The average Bonchev–Trinajstić information content (AvgIpc) is 2.67. The molecule has 1 atom stereocenters. The molecule has 18 heavy (non-hydrogen) atoms. The Labute approximate surface area is 104 Å². The Hall–Kier alpha value is -2.08. The van der Waals surface area contributed by atoms with Crippen LogP contribution in [0.25, 0.3) is 5.65 Å². The third-order valence-electron chi connectivity index (χ3n) is 2.61. The first kappa shape index (κ1) is 12.4. The predicted octanol–water partition coefficient (Wildman–Crippen LogP) is 0.850. The smallest absolute Gasteiger partial charge is 0.356 e. The van der Waals surface area contributed by atoms with Gasteiger partial charge in [0.1, 0.15) is 5.65 Å². The summed E-state index contributed by atoms with van der Waals surface area (Å²) in [7, 11) is 1.71. The maximum Gasteiger partial charge on any atom is 0.356 e. The van der Waals surface area contributed by atoms with Crippen molar-refractivity contribution in [3.63, 3.8) is 0 Å². The Balaban J connectivity index is 2.55. The molecular weight excluding hydrogens is 234 g/mol. The van der Waals surface area contributed by atoms with Crippen molar-refractivity contribution in [2.24, 2.45) is 0 Å². The van der Waals surface area contributed by atoms with Gasteiger partial charge in [-0.3, -0.25) is 4.40 Å². The summed E-state index contributed by atoms with van der Waals surface area (Å²) in [5.74, 6) is -0.684. The minimum Gasteiger partial charge on any atom is -0.476 e. The molecule has 1 unspecified atom stereocenters. The van der Waals surface area contributed by atoms with E-state index in [1.165, 1.54) is 4.40 Å². The highest BCUT2D eigenvalue weighted by Crippen LogP contribution is 2.20. The number of anilines is 1. The van der Waals surface area contributed by atoms with Crippen LogP contribution < -0.4 is 4.90 Å². The number of rotatable bonds is 4. The summed E-state index contributed by atoms with van der Waals surface area (Å²) in [6, 6.07) is 5.29. The molecule has 2 aromatic heterocycles. The zero-order chi connectivity index (χ0) is 13.3. The van der Waals surface area contributed by atoms with Gasteiger partial charge in [0.15, 0.2) is 11.5 Å². The number of fused-ring (bicyclic) bond motifs is 1. The Morgan fingerprint density at radius 1 is 1.56 bits per heavy atom. The van der Waals surface area contributed by atoms with Gasteiger partial charge in [0.25, 0.3) is 0 Å².